The van der Waals surface area contributed by atoms with E-state index in [0.717, 1.165) is 37.9 Å². The highest BCUT2D eigenvalue weighted by Gasteiger charge is 2.22. The number of amides is 2. The van der Waals surface area contributed by atoms with Crippen LogP contribution in [0, 0.1) is 11.7 Å². The SMILES string of the molecule is COc1ccc(OCCCC(=O)Nc2ccc(F)c(NC(=O)C3CCCCC3)c2)cc1. The Labute approximate surface area is 182 Å². The first kappa shape index (κ1) is 22.6. The van der Waals surface area contributed by atoms with Gasteiger partial charge in [-0.2, -0.15) is 0 Å². The van der Waals surface area contributed by atoms with Crippen LogP contribution in [-0.4, -0.2) is 25.5 Å². The van der Waals surface area contributed by atoms with Crippen LogP contribution in [-0.2, 0) is 9.59 Å². The van der Waals surface area contributed by atoms with Gasteiger partial charge in [0, 0.05) is 18.0 Å². The lowest BCUT2D eigenvalue weighted by atomic mass is 9.88. The maximum absolute atomic E-state index is 14.1. The number of hydrogen-bond acceptors (Lipinski definition) is 4. The van der Waals surface area contributed by atoms with Crippen molar-refractivity contribution in [2.24, 2.45) is 5.92 Å². The molecule has 2 N–H and O–H groups in total. The summed E-state index contributed by atoms with van der Waals surface area (Å²) in [7, 11) is 1.60. The zero-order valence-electron chi connectivity index (χ0n) is 17.8. The third kappa shape index (κ3) is 6.98. The molecule has 0 spiro atoms. The van der Waals surface area contributed by atoms with Gasteiger partial charge in [0.25, 0.3) is 0 Å². The summed E-state index contributed by atoms with van der Waals surface area (Å²) >= 11 is 0. The predicted octanol–water partition coefficient (Wildman–Crippen LogP) is 5.15. The number of benzene rings is 2. The summed E-state index contributed by atoms with van der Waals surface area (Å²) in [4.78, 5) is 24.6. The Morgan fingerprint density at radius 2 is 1.71 bits per heavy atom. The maximum Gasteiger partial charge on any atom is 0.227 e. The molecule has 0 aromatic heterocycles. The van der Waals surface area contributed by atoms with Gasteiger partial charge < -0.3 is 20.1 Å². The van der Waals surface area contributed by atoms with E-state index in [-0.39, 0.29) is 29.8 Å². The van der Waals surface area contributed by atoms with E-state index < -0.39 is 5.82 Å². The molecule has 6 nitrogen and oxygen atoms in total. The van der Waals surface area contributed by atoms with Crippen molar-refractivity contribution in [3.8, 4) is 11.5 Å². The molecule has 1 saturated carbocycles. The van der Waals surface area contributed by atoms with Crippen LogP contribution in [0.25, 0.3) is 0 Å². The van der Waals surface area contributed by atoms with Gasteiger partial charge in [0.05, 0.1) is 19.4 Å². The second-order valence-corrected chi connectivity index (χ2v) is 7.69. The first-order valence-corrected chi connectivity index (χ1v) is 10.7. The van der Waals surface area contributed by atoms with Gasteiger partial charge >= 0.3 is 0 Å². The molecule has 0 radical (unpaired) electrons. The standard InChI is InChI=1S/C24H29FN2O4/c1-30-19-10-12-20(13-11-19)31-15-5-8-23(28)26-18-9-14-21(25)22(16-18)27-24(29)17-6-3-2-4-7-17/h9-14,16-17H,2-8,15H2,1H3,(H,26,28)(H,27,29). The van der Waals surface area contributed by atoms with E-state index in [1.54, 1.807) is 31.4 Å². The van der Waals surface area contributed by atoms with Crippen LogP contribution >= 0.6 is 0 Å². The molecule has 31 heavy (non-hydrogen) atoms. The van der Waals surface area contributed by atoms with Crippen LogP contribution in [0.2, 0.25) is 0 Å². The minimum absolute atomic E-state index is 0.0721. The lowest BCUT2D eigenvalue weighted by Crippen LogP contribution is -2.25. The smallest absolute Gasteiger partial charge is 0.227 e. The number of ether oxygens (including phenoxy) is 2. The molecule has 166 valence electrons. The van der Waals surface area contributed by atoms with Crippen molar-refractivity contribution >= 4 is 23.2 Å². The molecule has 2 aromatic carbocycles. The molecule has 2 amide bonds. The average molecular weight is 429 g/mol. The van der Waals surface area contributed by atoms with Crippen molar-refractivity contribution < 1.29 is 23.5 Å². The Morgan fingerprint density at radius 1 is 1.00 bits per heavy atom. The number of anilines is 2. The summed E-state index contributed by atoms with van der Waals surface area (Å²) in [5, 5.41) is 5.43. The molecule has 2 aromatic rings. The highest BCUT2D eigenvalue weighted by molar-refractivity contribution is 5.95. The van der Waals surface area contributed by atoms with Gasteiger partial charge in [0.1, 0.15) is 17.3 Å². The fraction of sp³-hybridized carbons (Fsp3) is 0.417. The molecule has 0 unspecified atom stereocenters. The van der Waals surface area contributed by atoms with Crippen molar-refractivity contribution in [2.45, 2.75) is 44.9 Å². The summed E-state index contributed by atoms with van der Waals surface area (Å²) in [5.41, 5.74) is 0.539. The van der Waals surface area contributed by atoms with Crippen LogP contribution in [0.1, 0.15) is 44.9 Å². The largest absolute Gasteiger partial charge is 0.497 e. The molecule has 0 heterocycles. The fourth-order valence-corrected chi connectivity index (χ4v) is 3.62. The topological polar surface area (TPSA) is 76.7 Å². The van der Waals surface area contributed by atoms with E-state index in [0.29, 0.717) is 24.5 Å². The summed E-state index contributed by atoms with van der Waals surface area (Å²) in [6.45, 7) is 0.395. The van der Waals surface area contributed by atoms with Gasteiger partial charge in [-0.25, -0.2) is 4.39 Å². The molecule has 0 atom stereocenters. The molecular weight excluding hydrogens is 399 g/mol. The Morgan fingerprint density at radius 3 is 2.42 bits per heavy atom. The summed E-state index contributed by atoms with van der Waals surface area (Å²) in [6, 6.07) is 11.4. The number of nitrogens with one attached hydrogen (secondary N) is 2. The summed E-state index contributed by atoms with van der Waals surface area (Å²) in [5.74, 6) is 0.512. The van der Waals surface area contributed by atoms with Gasteiger partial charge in [0.2, 0.25) is 11.8 Å². The van der Waals surface area contributed by atoms with Crippen molar-refractivity contribution in [2.75, 3.05) is 24.4 Å². The average Bonchev–Trinajstić information content (AvgIpc) is 2.80. The highest BCUT2D eigenvalue weighted by Crippen LogP contribution is 2.26. The minimum atomic E-state index is -0.518. The second kappa shape index (κ2) is 11.3. The zero-order valence-corrected chi connectivity index (χ0v) is 17.8. The Bertz CT molecular complexity index is 880. The van der Waals surface area contributed by atoms with Crippen molar-refractivity contribution in [3.63, 3.8) is 0 Å². The molecule has 1 aliphatic rings. The highest BCUT2D eigenvalue weighted by atomic mass is 19.1. The Balaban J connectivity index is 1.44. The van der Waals surface area contributed by atoms with Gasteiger partial charge in [0.15, 0.2) is 0 Å². The monoisotopic (exact) mass is 428 g/mol. The van der Waals surface area contributed by atoms with E-state index in [9.17, 15) is 14.0 Å². The maximum atomic E-state index is 14.1. The van der Waals surface area contributed by atoms with E-state index >= 15 is 0 Å². The van der Waals surface area contributed by atoms with Crippen LogP contribution in [0.4, 0.5) is 15.8 Å². The molecule has 1 aliphatic carbocycles. The Hall–Kier alpha value is -3.09. The Kier molecular flexibility index (Phi) is 8.27. The number of carbonyl (C=O) groups is 2. The van der Waals surface area contributed by atoms with E-state index in [1.807, 2.05) is 0 Å². The lowest BCUT2D eigenvalue weighted by molar-refractivity contribution is -0.120. The minimum Gasteiger partial charge on any atom is -0.497 e. The lowest BCUT2D eigenvalue weighted by Gasteiger charge is -2.21. The van der Waals surface area contributed by atoms with Gasteiger partial charge in [-0.05, 0) is 61.7 Å². The molecule has 7 heteroatoms. The van der Waals surface area contributed by atoms with Crippen LogP contribution in [0.3, 0.4) is 0 Å². The first-order valence-electron chi connectivity index (χ1n) is 10.7. The fourth-order valence-electron chi connectivity index (χ4n) is 3.62. The number of hydrogen-bond donors (Lipinski definition) is 2. The normalized spacial score (nSPS) is 14.0. The number of methoxy groups -OCH3 is 1. The summed E-state index contributed by atoms with van der Waals surface area (Å²) < 4.78 is 24.8. The van der Waals surface area contributed by atoms with E-state index in [4.69, 9.17) is 9.47 Å². The summed E-state index contributed by atoms with van der Waals surface area (Å²) in [6.07, 6.45) is 5.66. The van der Waals surface area contributed by atoms with Crippen molar-refractivity contribution in [3.05, 3.63) is 48.3 Å². The molecular formula is C24H29FN2O4. The van der Waals surface area contributed by atoms with Gasteiger partial charge in [-0.1, -0.05) is 19.3 Å². The molecule has 0 saturated heterocycles. The molecule has 3 rings (SSSR count). The molecule has 0 aliphatic heterocycles. The van der Waals surface area contributed by atoms with Gasteiger partial charge in [-0.3, -0.25) is 9.59 Å². The quantitative estimate of drug-likeness (QED) is 0.542. The third-order valence-corrected chi connectivity index (χ3v) is 5.36. The van der Waals surface area contributed by atoms with Crippen LogP contribution in [0.5, 0.6) is 11.5 Å². The third-order valence-electron chi connectivity index (χ3n) is 5.36. The van der Waals surface area contributed by atoms with Gasteiger partial charge in [-0.15, -0.1) is 0 Å². The van der Waals surface area contributed by atoms with E-state index in [1.165, 1.54) is 18.2 Å². The number of rotatable bonds is 9. The number of carbonyl (C=O) groups excluding carboxylic acids is 2. The zero-order chi connectivity index (χ0) is 22.1. The van der Waals surface area contributed by atoms with Crippen molar-refractivity contribution in [1.82, 2.24) is 0 Å². The van der Waals surface area contributed by atoms with E-state index in [2.05, 4.69) is 10.6 Å². The van der Waals surface area contributed by atoms with Crippen molar-refractivity contribution in [1.29, 1.82) is 0 Å². The first-order chi connectivity index (χ1) is 15.0. The molecule has 0 bridgehead atoms. The second-order valence-electron chi connectivity index (χ2n) is 7.69. The number of halogens is 1. The van der Waals surface area contributed by atoms with Crippen LogP contribution < -0.4 is 20.1 Å². The van der Waals surface area contributed by atoms with Crippen LogP contribution in [0.15, 0.2) is 42.5 Å². The molecule has 1 fully saturated rings. The predicted molar refractivity (Wildman–Crippen MR) is 118 cm³/mol.